The van der Waals surface area contributed by atoms with Crippen molar-refractivity contribution in [2.24, 2.45) is 5.41 Å². The third kappa shape index (κ3) is 3.28. The number of nitrogens with zero attached hydrogens (tertiary/aromatic N) is 1. The van der Waals surface area contributed by atoms with Crippen LogP contribution in [0.25, 0.3) is 0 Å². The molecule has 4 nitrogen and oxygen atoms in total. The Balaban J connectivity index is 1.64. The summed E-state index contributed by atoms with van der Waals surface area (Å²) in [6.07, 6.45) is 4.38. The van der Waals surface area contributed by atoms with Crippen LogP contribution in [0.5, 0.6) is 11.5 Å². The van der Waals surface area contributed by atoms with E-state index in [0.717, 1.165) is 18.0 Å². The van der Waals surface area contributed by atoms with Gasteiger partial charge in [-0.25, -0.2) is 0 Å². The first kappa shape index (κ1) is 15.4. The highest BCUT2D eigenvalue weighted by Crippen LogP contribution is 2.37. The van der Waals surface area contributed by atoms with Crippen LogP contribution < -0.4 is 14.8 Å². The molecule has 1 aromatic carbocycles. The second-order valence-electron chi connectivity index (χ2n) is 6.47. The fourth-order valence-electron chi connectivity index (χ4n) is 3.64. The zero-order chi connectivity index (χ0) is 15.4. The summed E-state index contributed by atoms with van der Waals surface area (Å²) in [5, 5.41) is 3.51. The molecule has 2 aliphatic heterocycles. The van der Waals surface area contributed by atoms with Gasteiger partial charge in [0.15, 0.2) is 11.5 Å². The Morgan fingerprint density at radius 1 is 1.36 bits per heavy atom. The van der Waals surface area contributed by atoms with Crippen molar-refractivity contribution in [3.63, 3.8) is 0 Å². The highest BCUT2D eigenvalue weighted by atomic mass is 16.5. The van der Waals surface area contributed by atoms with Gasteiger partial charge in [0.05, 0.1) is 7.11 Å². The van der Waals surface area contributed by atoms with Crippen molar-refractivity contribution in [1.82, 2.24) is 10.2 Å². The van der Waals surface area contributed by atoms with Crippen molar-refractivity contribution in [3.8, 4) is 11.5 Å². The third-order valence-electron chi connectivity index (χ3n) is 4.84. The summed E-state index contributed by atoms with van der Waals surface area (Å²) in [5.74, 6) is 1.58. The predicted octanol–water partition coefficient (Wildman–Crippen LogP) is 2.45. The normalized spacial score (nSPS) is 24.8. The molecule has 22 heavy (non-hydrogen) atoms. The lowest BCUT2D eigenvalue weighted by atomic mass is 9.86. The van der Waals surface area contributed by atoms with Gasteiger partial charge in [-0.05, 0) is 49.0 Å². The van der Waals surface area contributed by atoms with Crippen molar-refractivity contribution < 1.29 is 9.47 Å². The van der Waals surface area contributed by atoms with Gasteiger partial charge in [-0.1, -0.05) is 18.7 Å². The van der Waals surface area contributed by atoms with Crippen molar-refractivity contribution >= 4 is 0 Å². The number of likely N-dealkylation sites (tertiary alicyclic amines) is 1. The van der Waals surface area contributed by atoms with Crippen LogP contribution in [0.4, 0.5) is 0 Å². The summed E-state index contributed by atoms with van der Waals surface area (Å²) in [7, 11) is 1.69. The van der Waals surface area contributed by atoms with Crippen LogP contribution in [0, 0.1) is 5.41 Å². The molecule has 1 aromatic rings. The SMILES string of the molecule is C=CCOc1ccc(CN2CCC3(CCNC3)C2)cc1OC. The highest BCUT2D eigenvalue weighted by Gasteiger charge is 2.40. The summed E-state index contributed by atoms with van der Waals surface area (Å²) >= 11 is 0. The molecular weight excluding hydrogens is 276 g/mol. The first-order valence-electron chi connectivity index (χ1n) is 8.08. The van der Waals surface area contributed by atoms with E-state index in [1.165, 1.54) is 44.6 Å². The number of rotatable bonds is 6. The highest BCUT2D eigenvalue weighted by molar-refractivity contribution is 5.43. The van der Waals surface area contributed by atoms with Crippen molar-refractivity contribution in [1.29, 1.82) is 0 Å². The largest absolute Gasteiger partial charge is 0.493 e. The van der Waals surface area contributed by atoms with Crippen LogP contribution in [-0.2, 0) is 6.54 Å². The first-order valence-corrected chi connectivity index (χ1v) is 8.08. The van der Waals surface area contributed by atoms with Crippen molar-refractivity contribution in [2.75, 3.05) is 39.9 Å². The van der Waals surface area contributed by atoms with Crippen molar-refractivity contribution in [3.05, 3.63) is 36.4 Å². The van der Waals surface area contributed by atoms with Gasteiger partial charge in [-0.15, -0.1) is 0 Å². The number of hydrogen-bond acceptors (Lipinski definition) is 4. The lowest BCUT2D eigenvalue weighted by Crippen LogP contribution is -2.28. The minimum absolute atomic E-state index is 0.497. The number of methoxy groups -OCH3 is 1. The minimum Gasteiger partial charge on any atom is -0.493 e. The topological polar surface area (TPSA) is 33.7 Å². The molecule has 0 aromatic heterocycles. The predicted molar refractivity (Wildman–Crippen MR) is 88.5 cm³/mol. The van der Waals surface area contributed by atoms with E-state index in [2.05, 4.69) is 28.9 Å². The Hall–Kier alpha value is -1.52. The van der Waals surface area contributed by atoms with Gasteiger partial charge in [0, 0.05) is 19.6 Å². The molecule has 3 rings (SSSR count). The maximum atomic E-state index is 5.61. The molecule has 2 fully saturated rings. The van der Waals surface area contributed by atoms with E-state index >= 15 is 0 Å². The van der Waals surface area contributed by atoms with Crippen LogP contribution >= 0.6 is 0 Å². The molecule has 0 radical (unpaired) electrons. The maximum Gasteiger partial charge on any atom is 0.161 e. The number of hydrogen-bond donors (Lipinski definition) is 1. The smallest absolute Gasteiger partial charge is 0.161 e. The number of ether oxygens (including phenoxy) is 2. The minimum atomic E-state index is 0.497. The molecule has 2 aliphatic rings. The molecule has 1 unspecified atom stereocenters. The van der Waals surface area contributed by atoms with Crippen molar-refractivity contribution in [2.45, 2.75) is 19.4 Å². The van der Waals surface area contributed by atoms with E-state index in [4.69, 9.17) is 9.47 Å². The monoisotopic (exact) mass is 302 g/mol. The molecule has 1 spiro atoms. The van der Waals surface area contributed by atoms with Gasteiger partial charge in [-0.2, -0.15) is 0 Å². The molecule has 2 heterocycles. The van der Waals surface area contributed by atoms with Crippen LogP contribution in [0.3, 0.4) is 0 Å². The van der Waals surface area contributed by atoms with Gasteiger partial charge < -0.3 is 14.8 Å². The molecule has 1 atom stereocenters. The van der Waals surface area contributed by atoms with E-state index in [0.29, 0.717) is 12.0 Å². The lowest BCUT2D eigenvalue weighted by Gasteiger charge is -2.23. The van der Waals surface area contributed by atoms with Gasteiger partial charge >= 0.3 is 0 Å². The van der Waals surface area contributed by atoms with Crippen LogP contribution in [0.15, 0.2) is 30.9 Å². The van der Waals surface area contributed by atoms with E-state index in [1.54, 1.807) is 13.2 Å². The molecule has 1 N–H and O–H groups in total. The fraction of sp³-hybridized carbons (Fsp3) is 0.556. The molecule has 2 saturated heterocycles. The number of nitrogens with one attached hydrogen (secondary N) is 1. The summed E-state index contributed by atoms with van der Waals surface area (Å²) in [6, 6.07) is 6.23. The summed E-state index contributed by atoms with van der Waals surface area (Å²) < 4.78 is 11.1. The Bertz CT molecular complexity index is 524. The second-order valence-corrected chi connectivity index (χ2v) is 6.47. The Morgan fingerprint density at radius 2 is 2.27 bits per heavy atom. The Morgan fingerprint density at radius 3 is 3.00 bits per heavy atom. The van der Waals surface area contributed by atoms with E-state index in [-0.39, 0.29) is 0 Å². The van der Waals surface area contributed by atoms with E-state index < -0.39 is 0 Å². The maximum absolute atomic E-state index is 5.61. The zero-order valence-corrected chi connectivity index (χ0v) is 13.4. The molecule has 0 amide bonds. The van der Waals surface area contributed by atoms with Gasteiger partial charge in [0.25, 0.3) is 0 Å². The molecule has 0 saturated carbocycles. The van der Waals surface area contributed by atoms with E-state index in [9.17, 15) is 0 Å². The van der Waals surface area contributed by atoms with Crippen LogP contribution in [0.2, 0.25) is 0 Å². The molecule has 120 valence electrons. The van der Waals surface area contributed by atoms with Crippen LogP contribution in [0.1, 0.15) is 18.4 Å². The molecule has 4 heteroatoms. The summed E-state index contributed by atoms with van der Waals surface area (Å²) in [4.78, 5) is 2.56. The average molecular weight is 302 g/mol. The number of benzene rings is 1. The average Bonchev–Trinajstić information content (AvgIpc) is 3.16. The quantitative estimate of drug-likeness (QED) is 0.819. The Kier molecular flexibility index (Phi) is 4.69. The first-order chi connectivity index (χ1) is 10.7. The summed E-state index contributed by atoms with van der Waals surface area (Å²) in [6.45, 7) is 9.92. The lowest BCUT2D eigenvalue weighted by molar-refractivity contribution is 0.268. The second kappa shape index (κ2) is 6.71. The zero-order valence-electron chi connectivity index (χ0n) is 13.4. The van der Waals surface area contributed by atoms with E-state index in [1.807, 2.05) is 6.07 Å². The molecular formula is C18H26N2O2. The Labute approximate surface area is 133 Å². The molecule has 0 bridgehead atoms. The van der Waals surface area contributed by atoms with Gasteiger partial charge in [0.1, 0.15) is 6.61 Å². The molecule has 0 aliphatic carbocycles. The van der Waals surface area contributed by atoms with Gasteiger partial charge in [0.2, 0.25) is 0 Å². The standard InChI is InChI=1S/C18H26N2O2/c1-3-10-22-16-5-4-15(11-17(16)21-2)12-20-9-7-18(14-20)6-8-19-13-18/h3-5,11,19H,1,6-10,12-14H2,2H3. The summed E-state index contributed by atoms with van der Waals surface area (Å²) in [5.41, 5.74) is 1.81. The van der Waals surface area contributed by atoms with Gasteiger partial charge in [-0.3, -0.25) is 4.90 Å². The van der Waals surface area contributed by atoms with Crippen LogP contribution in [-0.4, -0.2) is 44.8 Å². The third-order valence-corrected chi connectivity index (χ3v) is 4.84. The fourth-order valence-corrected chi connectivity index (χ4v) is 3.64.